The molecule has 6 nitrogen and oxygen atoms in total. The van der Waals surface area contributed by atoms with Crippen LogP contribution in [0.1, 0.15) is 42.6 Å². The third-order valence-electron chi connectivity index (χ3n) is 3.81. The quantitative estimate of drug-likeness (QED) is 0.770. The molecule has 1 aliphatic carbocycles. The molecule has 1 fully saturated rings. The van der Waals surface area contributed by atoms with Crippen LogP contribution >= 0.6 is 0 Å². The molecular formula is C14H19NO5S. The first-order valence-electron chi connectivity index (χ1n) is 6.65. The lowest BCUT2D eigenvalue weighted by atomic mass is 10.0. The molecule has 0 spiro atoms. The minimum absolute atomic E-state index is 0.119. The molecule has 0 aromatic heterocycles. The molecule has 3 N–H and O–H groups in total. The van der Waals surface area contributed by atoms with Crippen molar-refractivity contribution >= 4 is 16.0 Å². The van der Waals surface area contributed by atoms with E-state index in [-0.39, 0.29) is 4.90 Å². The van der Waals surface area contributed by atoms with Gasteiger partial charge in [0.15, 0.2) is 0 Å². The van der Waals surface area contributed by atoms with E-state index in [1.54, 1.807) is 0 Å². The number of carbonyl (C=O) groups is 1. The second-order valence-electron chi connectivity index (χ2n) is 6.04. The molecule has 7 heteroatoms. The molecule has 21 heavy (non-hydrogen) atoms. The third-order valence-corrected chi connectivity index (χ3v) is 5.62. The number of aromatic hydroxyl groups is 1. The lowest BCUT2D eigenvalue weighted by Crippen LogP contribution is -2.45. The minimum Gasteiger partial charge on any atom is -0.507 e. The van der Waals surface area contributed by atoms with Crippen molar-refractivity contribution in [3.8, 4) is 5.75 Å². The van der Waals surface area contributed by atoms with E-state index >= 15 is 0 Å². The highest BCUT2D eigenvalue weighted by molar-refractivity contribution is 7.89. The first-order chi connectivity index (χ1) is 9.54. The van der Waals surface area contributed by atoms with Crippen LogP contribution in [-0.4, -0.2) is 30.1 Å². The summed E-state index contributed by atoms with van der Waals surface area (Å²) in [7, 11) is -3.85. The summed E-state index contributed by atoms with van der Waals surface area (Å²) in [5.41, 5.74) is -0.700. The number of hydrogen-bond donors (Lipinski definition) is 3. The van der Waals surface area contributed by atoms with Gasteiger partial charge in [-0.25, -0.2) is 17.9 Å². The third kappa shape index (κ3) is 3.19. The van der Waals surface area contributed by atoms with Crippen LogP contribution in [0.4, 0.5) is 0 Å². The Labute approximate surface area is 123 Å². The van der Waals surface area contributed by atoms with Crippen molar-refractivity contribution in [1.29, 1.82) is 0 Å². The van der Waals surface area contributed by atoms with E-state index in [0.717, 1.165) is 25.0 Å². The van der Waals surface area contributed by atoms with Crippen molar-refractivity contribution < 1.29 is 23.4 Å². The van der Waals surface area contributed by atoms with E-state index in [0.29, 0.717) is 11.5 Å². The molecule has 0 amide bonds. The van der Waals surface area contributed by atoms with Crippen molar-refractivity contribution in [2.24, 2.45) is 5.92 Å². The molecule has 1 aromatic rings. The van der Waals surface area contributed by atoms with Gasteiger partial charge in [0, 0.05) is 5.54 Å². The van der Waals surface area contributed by atoms with Crippen molar-refractivity contribution in [1.82, 2.24) is 4.72 Å². The SMILES string of the molecule is Cc1cc(O)c(C(=O)O)cc1S(=O)(=O)NC(C)(C)C1CC1. The largest absolute Gasteiger partial charge is 0.507 e. The Morgan fingerprint density at radius 1 is 1.33 bits per heavy atom. The number of sulfonamides is 1. The summed E-state index contributed by atoms with van der Waals surface area (Å²) in [4.78, 5) is 10.9. The monoisotopic (exact) mass is 313 g/mol. The van der Waals surface area contributed by atoms with E-state index < -0.39 is 32.8 Å². The molecule has 0 saturated heterocycles. The highest BCUT2D eigenvalue weighted by Gasteiger charge is 2.41. The van der Waals surface area contributed by atoms with E-state index in [1.165, 1.54) is 6.92 Å². The molecule has 0 heterocycles. The zero-order chi connectivity index (χ0) is 16.0. The van der Waals surface area contributed by atoms with Crippen LogP contribution in [0.5, 0.6) is 5.75 Å². The molecule has 0 bridgehead atoms. The van der Waals surface area contributed by atoms with Gasteiger partial charge < -0.3 is 10.2 Å². The first kappa shape index (κ1) is 15.8. The van der Waals surface area contributed by atoms with Crippen molar-refractivity contribution in [2.75, 3.05) is 0 Å². The number of carboxylic acid groups (broad SMARTS) is 1. The number of carboxylic acids is 1. The molecule has 1 saturated carbocycles. The molecule has 0 atom stereocenters. The van der Waals surface area contributed by atoms with Gasteiger partial charge in [0.1, 0.15) is 11.3 Å². The summed E-state index contributed by atoms with van der Waals surface area (Å²) in [6, 6.07) is 2.15. The maximum absolute atomic E-state index is 12.5. The van der Waals surface area contributed by atoms with Crippen LogP contribution in [-0.2, 0) is 10.0 Å². The maximum Gasteiger partial charge on any atom is 0.339 e. The fourth-order valence-electron chi connectivity index (χ4n) is 2.42. The number of hydrogen-bond acceptors (Lipinski definition) is 4. The fraction of sp³-hybridized carbons (Fsp3) is 0.500. The average molecular weight is 313 g/mol. The van der Waals surface area contributed by atoms with Crippen LogP contribution in [0.3, 0.4) is 0 Å². The van der Waals surface area contributed by atoms with Gasteiger partial charge in [0.25, 0.3) is 0 Å². The molecular weight excluding hydrogens is 294 g/mol. The van der Waals surface area contributed by atoms with Gasteiger partial charge in [0.05, 0.1) is 4.90 Å². The van der Waals surface area contributed by atoms with Gasteiger partial charge in [0.2, 0.25) is 10.0 Å². The molecule has 116 valence electrons. The summed E-state index contributed by atoms with van der Waals surface area (Å²) in [6.07, 6.45) is 1.95. The topological polar surface area (TPSA) is 104 Å². The number of phenols is 1. The normalized spacial score (nSPS) is 16.0. The van der Waals surface area contributed by atoms with Crippen LogP contribution < -0.4 is 4.72 Å². The van der Waals surface area contributed by atoms with E-state index in [1.807, 2.05) is 13.8 Å². The Bertz CT molecular complexity index is 690. The van der Waals surface area contributed by atoms with Gasteiger partial charge in [-0.15, -0.1) is 0 Å². The van der Waals surface area contributed by atoms with Gasteiger partial charge in [-0.3, -0.25) is 0 Å². The number of benzene rings is 1. The fourth-order valence-corrected chi connectivity index (χ4v) is 4.15. The predicted molar refractivity (Wildman–Crippen MR) is 76.9 cm³/mol. The van der Waals surface area contributed by atoms with Crippen molar-refractivity contribution in [3.05, 3.63) is 23.3 Å². The summed E-state index contributed by atoms with van der Waals surface area (Å²) in [5.74, 6) is -1.52. The van der Waals surface area contributed by atoms with Crippen LogP contribution in [0.2, 0.25) is 0 Å². The predicted octanol–water partition coefficient (Wildman–Crippen LogP) is 1.87. The first-order valence-corrected chi connectivity index (χ1v) is 8.14. The highest BCUT2D eigenvalue weighted by atomic mass is 32.2. The van der Waals surface area contributed by atoms with Gasteiger partial charge >= 0.3 is 5.97 Å². The van der Waals surface area contributed by atoms with E-state index in [2.05, 4.69) is 4.72 Å². The van der Waals surface area contributed by atoms with Gasteiger partial charge in [-0.2, -0.15) is 0 Å². The Hall–Kier alpha value is -1.60. The van der Waals surface area contributed by atoms with Crippen LogP contribution in [0, 0.1) is 12.8 Å². The Morgan fingerprint density at radius 2 is 1.90 bits per heavy atom. The zero-order valence-corrected chi connectivity index (χ0v) is 13.0. The van der Waals surface area contributed by atoms with Crippen molar-refractivity contribution in [3.63, 3.8) is 0 Å². The molecule has 0 aliphatic heterocycles. The molecule has 0 radical (unpaired) electrons. The Morgan fingerprint density at radius 3 is 2.38 bits per heavy atom. The van der Waals surface area contributed by atoms with Crippen LogP contribution in [0.15, 0.2) is 17.0 Å². The van der Waals surface area contributed by atoms with Gasteiger partial charge in [-0.1, -0.05) is 0 Å². The molecule has 2 rings (SSSR count). The van der Waals surface area contributed by atoms with Crippen LogP contribution in [0.25, 0.3) is 0 Å². The maximum atomic E-state index is 12.5. The number of aryl methyl sites for hydroxylation is 1. The summed E-state index contributed by atoms with van der Waals surface area (Å²) < 4.78 is 27.6. The summed E-state index contributed by atoms with van der Waals surface area (Å²) >= 11 is 0. The van der Waals surface area contributed by atoms with Gasteiger partial charge in [-0.05, 0) is 57.2 Å². The summed E-state index contributed by atoms with van der Waals surface area (Å²) in [5, 5.41) is 18.6. The standard InChI is InChI=1S/C14H19NO5S/c1-8-6-11(16)10(13(17)18)7-12(8)21(19,20)15-14(2,3)9-4-5-9/h6-7,9,15-16H,4-5H2,1-3H3,(H,17,18). The Kier molecular flexibility index (Phi) is 3.75. The second-order valence-corrected chi connectivity index (χ2v) is 7.69. The Balaban J connectivity index is 2.44. The number of nitrogens with one attached hydrogen (secondary N) is 1. The van der Waals surface area contributed by atoms with E-state index in [4.69, 9.17) is 5.11 Å². The summed E-state index contributed by atoms with van der Waals surface area (Å²) in [6.45, 7) is 5.15. The number of aromatic carboxylic acids is 1. The molecule has 1 aliphatic rings. The number of rotatable bonds is 5. The minimum atomic E-state index is -3.85. The lowest BCUT2D eigenvalue weighted by molar-refractivity contribution is 0.0693. The molecule has 1 aromatic carbocycles. The van der Waals surface area contributed by atoms with E-state index in [9.17, 15) is 18.3 Å². The lowest BCUT2D eigenvalue weighted by Gasteiger charge is -2.26. The average Bonchev–Trinajstić information content (AvgIpc) is 3.09. The van der Waals surface area contributed by atoms with Crippen molar-refractivity contribution in [2.45, 2.75) is 44.0 Å². The molecule has 0 unspecified atom stereocenters. The second kappa shape index (κ2) is 4.99. The highest BCUT2D eigenvalue weighted by Crippen LogP contribution is 2.40. The smallest absolute Gasteiger partial charge is 0.339 e. The zero-order valence-electron chi connectivity index (χ0n) is 12.2.